The molecule has 0 bridgehead atoms. The second-order valence-electron chi connectivity index (χ2n) is 3.92. The Balaban J connectivity index is 1.95. The van der Waals surface area contributed by atoms with Gasteiger partial charge in [0.25, 0.3) is 0 Å². The van der Waals surface area contributed by atoms with Gasteiger partial charge >= 0.3 is 0 Å². The molecule has 2 rings (SSSR count). The number of aromatic nitrogens is 4. The van der Waals surface area contributed by atoms with Crippen molar-refractivity contribution < 1.29 is 5.11 Å². The first kappa shape index (κ1) is 11.7. The predicted molar refractivity (Wildman–Crippen MR) is 64.6 cm³/mol. The molecular formula is C11H17N5O. The summed E-state index contributed by atoms with van der Waals surface area (Å²) in [5, 5.41) is 20.5. The van der Waals surface area contributed by atoms with Gasteiger partial charge in [-0.3, -0.25) is 9.36 Å². The zero-order chi connectivity index (χ0) is 12.3. The van der Waals surface area contributed by atoms with Gasteiger partial charge < -0.3 is 10.4 Å². The molecule has 0 aromatic carbocycles. The monoisotopic (exact) mass is 235 g/mol. The maximum absolute atomic E-state index is 8.78. The molecule has 2 N–H and O–H groups in total. The van der Waals surface area contributed by atoms with Gasteiger partial charge in [0.1, 0.15) is 5.82 Å². The van der Waals surface area contributed by atoms with Crippen molar-refractivity contribution >= 4 is 5.82 Å². The lowest BCUT2D eigenvalue weighted by molar-refractivity contribution is 0.269. The minimum absolute atomic E-state index is 0.100. The highest BCUT2D eigenvalue weighted by Gasteiger charge is 2.04. The summed E-state index contributed by atoms with van der Waals surface area (Å²) >= 11 is 0. The molecule has 6 nitrogen and oxygen atoms in total. The lowest BCUT2D eigenvalue weighted by atomic mass is 10.2. The first-order chi connectivity index (χ1) is 8.20. The molecular weight excluding hydrogens is 218 g/mol. The third-order valence-electron chi connectivity index (χ3n) is 2.77. The summed E-state index contributed by atoms with van der Waals surface area (Å²) in [7, 11) is 1.93. The van der Waals surface area contributed by atoms with Crippen molar-refractivity contribution in [2.45, 2.75) is 20.0 Å². The van der Waals surface area contributed by atoms with E-state index in [-0.39, 0.29) is 6.61 Å². The van der Waals surface area contributed by atoms with Crippen LogP contribution in [0.25, 0.3) is 0 Å². The largest absolute Gasteiger partial charge is 0.394 e. The van der Waals surface area contributed by atoms with E-state index in [1.807, 2.05) is 37.1 Å². The van der Waals surface area contributed by atoms with Crippen LogP contribution in [0.4, 0.5) is 5.82 Å². The molecule has 0 amide bonds. The lowest BCUT2D eigenvalue weighted by Gasteiger charge is -2.02. The average Bonchev–Trinajstić information content (AvgIpc) is 2.87. The molecule has 0 atom stereocenters. The summed E-state index contributed by atoms with van der Waals surface area (Å²) in [5.74, 6) is 0.807. The summed E-state index contributed by atoms with van der Waals surface area (Å²) in [6, 6.07) is 1.89. The molecule has 0 aliphatic heterocycles. The van der Waals surface area contributed by atoms with Gasteiger partial charge in [0.2, 0.25) is 0 Å². The van der Waals surface area contributed by atoms with E-state index < -0.39 is 0 Å². The highest BCUT2D eigenvalue weighted by Crippen LogP contribution is 2.09. The molecule has 0 saturated heterocycles. The fourth-order valence-corrected chi connectivity index (χ4v) is 1.59. The highest BCUT2D eigenvalue weighted by molar-refractivity contribution is 5.34. The maximum Gasteiger partial charge on any atom is 0.148 e. The second kappa shape index (κ2) is 5.01. The molecule has 92 valence electrons. The molecule has 0 unspecified atom stereocenters. The van der Waals surface area contributed by atoms with Crippen molar-refractivity contribution in [3.63, 3.8) is 0 Å². The summed E-state index contributed by atoms with van der Waals surface area (Å²) in [6.45, 7) is 3.36. The van der Waals surface area contributed by atoms with E-state index in [2.05, 4.69) is 15.5 Å². The first-order valence-corrected chi connectivity index (χ1v) is 5.56. The number of aliphatic hydroxyl groups is 1. The third kappa shape index (κ3) is 2.65. The highest BCUT2D eigenvalue weighted by atomic mass is 16.3. The van der Waals surface area contributed by atoms with Crippen LogP contribution < -0.4 is 5.32 Å². The average molecular weight is 235 g/mol. The molecule has 0 aliphatic carbocycles. The normalized spacial score (nSPS) is 10.8. The van der Waals surface area contributed by atoms with E-state index in [0.29, 0.717) is 13.1 Å². The first-order valence-electron chi connectivity index (χ1n) is 5.56. The summed E-state index contributed by atoms with van der Waals surface area (Å²) in [6.07, 6.45) is 3.70. The van der Waals surface area contributed by atoms with Crippen LogP contribution in [0.15, 0.2) is 18.5 Å². The van der Waals surface area contributed by atoms with Crippen LogP contribution in [-0.4, -0.2) is 31.3 Å². The van der Waals surface area contributed by atoms with Crippen molar-refractivity contribution in [1.82, 2.24) is 19.6 Å². The van der Waals surface area contributed by atoms with Gasteiger partial charge in [-0.25, -0.2) is 0 Å². The van der Waals surface area contributed by atoms with Crippen LogP contribution in [0, 0.1) is 6.92 Å². The lowest BCUT2D eigenvalue weighted by Crippen LogP contribution is -2.05. The summed E-state index contributed by atoms with van der Waals surface area (Å²) in [4.78, 5) is 0. The Kier molecular flexibility index (Phi) is 3.43. The maximum atomic E-state index is 8.78. The SMILES string of the molecule is Cc1c(CNc2ccn(CCO)n2)cnn1C. The van der Waals surface area contributed by atoms with E-state index in [1.165, 1.54) is 0 Å². The minimum Gasteiger partial charge on any atom is -0.394 e. The zero-order valence-corrected chi connectivity index (χ0v) is 10.1. The van der Waals surface area contributed by atoms with Crippen molar-refractivity contribution in [3.05, 3.63) is 29.7 Å². The summed E-state index contributed by atoms with van der Waals surface area (Å²) in [5.41, 5.74) is 2.30. The summed E-state index contributed by atoms with van der Waals surface area (Å²) < 4.78 is 3.56. The topological polar surface area (TPSA) is 67.9 Å². The quantitative estimate of drug-likeness (QED) is 0.793. The molecule has 2 aromatic rings. The number of hydrogen-bond acceptors (Lipinski definition) is 4. The van der Waals surface area contributed by atoms with Gasteiger partial charge in [0.15, 0.2) is 0 Å². The molecule has 0 fully saturated rings. The van der Waals surface area contributed by atoms with Crippen LogP contribution >= 0.6 is 0 Å². The molecule has 6 heteroatoms. The molecule has 0 saturated carbocycles. The molecule has 0 spiro atoms. The Morgan fingerprint density at radius 1 is 1.47 bits per heavy atom. The number of anilines is 1. The van der Waals surface area contributed by atoms with E-state index in [1.54, 1.807) is 4.68 Å². The van der Waals surface area contributed by atoms with Crippen LogP contribution in [0.3, 0.4) is 0 Å². The third-order valence-corrected chi connectivity index (χ3v) is 2.77. The smallest absolute Gasteiger partial charge is 0.148 e. The van der Waals surface area contributed by atoms with E-state index in [0.717, 1.165) is 17.1 Å². The number of rotatable bonds is 5. The Morgan fingerprint density at radius 2 is 2.29 bits per heavy atom. The molecule has 17 heavy (non-hydrogen) atoms. The van der Waals surface area contributed by atoms with Crippen molar-refractivity contribution in [1.29, 1.82) is 0 Å². The van der Waals surface area contributed by atoms with Crippen molar-refractivity contribution in [2.75, 3.05) is 11.9 Å². The Hall–Kier alpha value is -1.82. The van der Waals surface area contributed by atoms with Gasteiger partial charge in [-0.15, -0.1) is 0 Å². The Morgan fingerprint density at radius 3 is 2.94 bits per heavy atom. The number of nitrogens with one attached hydrogen (secondary N) is 1. The Labute approximate surface area is 99.9 Å². The number of nitrogens with zero attached hydrogens (tertiary/aromatic N) is 4. The van der Waals surface area contributed by atoms with E-state index in [4.69, 9.17) is 5.11 Å². The fraction of sp³-hybridized carbons (Fsp3) is 0.455. The fourth-order valence-electron chi connectivity index (χ4n) is 1.59. The Bertz CT molecular complexity index is 488. The molecule has 0 radical (unpaired) electrons. The number of aryl methyl sites for hydroxylation is 1. The van der Waals surface area contributed by atoms with Crippen LogP contribution in [0.2, 0.25) is 0 Å². The number of hydrogen-bond donors (Lipinski definition) is 2. The molecule has 0 aliphatic rings. The van der Waals surface area contributed by atoms with E-state index in [9.17, 15) is 0 Å². The second-order valence-corrected chi connectivity index (χ2v) is 3.92. The number of aliphatic hydroxyl groups excluding tert-OH is 1. The van der Waals surface area contributed by atoms with Gasteiger partial charge in [-0.2, -0.15) is 10.2 Å². The van der Waals surface area contributed by atoms with Crippen LogP contribution in [0.5, 0.6) is 0 Å². The van der Waals surface area contributed by atoms with Gasteiger partial charge in [-0.05, 0) is 6.92 Å². The standard InChI is InChI=1S/C11H17N5O/c1-9-10(8-13-15(9)2)7-12-11-3-4-16(14-11)5-6-17/h3-4,8,17H,5-7H2,1-2H3,(H,12,14). The van der Waals surface area contributed by atoms with Crippen molar-refractivity contribution in [2.24, 2.45) is 7.05 Å². The van der Waals surface area contributed by atoms with E-state index >= 15 is 0 Å². The minimum atomic E-state index is 0.100. The van der Waals surface area contributed by atoms with Gasteiger partial charge in [0, 0.05) is 37.1 Å². The van der Waals surface area contributed by atoms with Gasteiger partial charge in [0.05, 0.1) is 19.3 Å². The molecule has 2 aromatic heterocycles. The van der Waals surface area contributed by atoms with Gasteiger partial charge in [-0.1, -0.05) is 0 Å². The molecule has 2 heterocycles. The van der Waals surface area contributed by atoms with Crippen LogP contribution in [-0.2, 0) is 20.1 Å². The zero-order valence-electron chi connectivity index (χ0n) is 10.1. The predicted octanol–water partition coefficient (Wildman–Crippen LogP) is 0.529. The van der Waals surface area contributed by atoms with Crippen molar-refractivity contribution in [3.8, 4) is 0 Å². The van der Waals surface area contributed by atoms with Crippen LogP contribution in [0.1, 0.15) is 11.3 Å².